The number of hydrogen-bond acceptors (Lipinski definition) is 4. The number of hydrogen-bond donors (Lipinski definition) is 1. The van der Waals surface area contributed by atoms with Crippen LogP contribution >= 0.6 is 0 Å². The van der Waals surface area contributed by atoms with Gasteiger partial charge in [-0.3, -0.25) is 4.79 Å². The second-order valence-corrected chi connectivity index (χ2v) is 7.20. The van der Waals surface area contributed by atoms with Crippen LogP contribution in [0.3, 0.4) is 0 Å². The van der Waals surface area contributed by atoms with E-state index >= 15 is 0 Å². The minimum absolute atomic E-state index is 0.108. The molecule has 3 aromatic rings. The van der Waals surface area contributed by atoms with Gasteiger partial charge in [0.2, 0.25) is 0 Å². The molecule has 0 amide bonds. The molecule has 0 radical (unpaired) electrons. The van der Waals surface area contributed by atoms with Crippen molar-refractivity contribution in [2.24, 2.45) is 0 Å². The maximum absolute atomic E-state index is 12.6. The number of fused-ring (bicyclic) bond motifs is 3. The molecule has 4 heteroatoms. The number of phenols is 1. The van der Waals surface area contributed by atoms with Crippen LogP contribution in [0.15, 0.2) is 51.7 Å². The van der Waals surface area contributed by atoms with Crippen molar-refractivity contribution in [2.45, 2.75) is 32.3 Å². The van der Waals surface area contributed by atoms with Crippen LogP contribution in [0.25, 0.3) is 23.1 Å². The number of aryl methyl sites for hydroxylation is 1. The third-order valence-corrected chi connectivity index (χ3v) is 4.67. The molecule has 0 bridgehead atoms. The number of benzene rings is 2. The molecule has 0 atom stereocenters. The van der Waals surface area contributed by atoms with Gasteiger partial charge in [-0.15, -0.1) is 0 Å². The first kappa shape index (κ1) is 16.5. The lowest BCUT2D eigenvalue weighted by Crippen LogP contribution is -2.32. The Balaban J connectivity index is 1.86. The fourth-order valence-corrected chi connectivity index (χ4v) is 3.29. The molecule has 1 aromatic heterocycles. The van der Waals surface area contributed by atoms with Crippen LogP contribution in [0, 0.1) is 0 Å². The van der Waals surface area contributed by atoms with Crippen molar-refractivity contribution >= 4 is 23.1 Å². The van der Waals surface area contributed by atoms with Crippen molar-refractivity contribution in [1.82, 2.24) is 0 Å². The lowest BCUT2D eigenvalue weighted by molar-refractivity contribution is 0.0846. The summed E-state index contributed by atoms with van der Waals surface area (Å²) in [6.07, 6.45) is 5.20. The van der Waals surface area contributed by atoms with Gasteiger partial charge in [-0.2, -0.15) is 0 Å². The first-order valence-electron chi connectivity index (χ1n) is 8.68. The van der Waals surface area contributed by atoms with E-state index in [2.05, 4.69) is 0 Å². The van der Waals surface area contributed by atoms with Crippen molar-refractivity contribution in [1.29, 1.82) is 0 Å². The molecule has 0 unspecified atom stereocenters. The van der Waals surface area contributed by atoms with Crippen molar-refractivity contribution in [3.8, 4) is 11.5 Å². The van der Waals surface area contributed by atoms with Crippen molar-refractivity contribution in [2.75, 3.05) is 0 Å². The SMILES string of the molecule is CC1(C)CCc2c(cc(O)c3c(=O)cc(/C=C/c4ccccc4)oc23)O1. The van der Waals surface area contributed by atoms with Crippen LogP contribution in [-0.2, 0) is 6.42 Å². The van der Waals surface area contributed by atoms with Crippen LogP contribution in [0.5, 0.6) is 11.5 Å². The van der Waals surface area contributed by atoms with Crippen LogP contribution < -0.4 is 10.2 Å². The molecule has 132 valence electrons. The van der Waals surface area contributed by atoms with E-state index in [9.17, 15) is 9.90 Å². The number of aromatic hydroxyl groups is 1. The molecule has 0 fully saturated rings. The number of phenolic OH excluding ortho intramolecular Hbond substituents is 1. The largest absolute Gasteiger partial charge is 0.507 e. The van der Waals surface area contributed by atoms with Crippen LogP contribution in [0.2, 0.25) is 0 Å². The van der Waals surface area contributed by atoms with Gasteiger partial charge >= 0.3 is 0 Å². The molecular formula is C22H20O4. The number of ether oxygens (including phenoxy) is 1. The molecule has 0 spiro atoms. The molecule has 2 heterocycles. The highest BCUT2D eigenvalue weighted by molar-refractivity contribution is 5.89. The lowest BCUT2D eigenvalue weighted by atomic mass is 9.93. The van der Waals surface area contributed by atoms with Gasteiger partial charge in [-0.05, 0) is 38.3 Å². The molecule has 4 rings (SSSR count). The normalized spacial score (nSPS) is 15.8. The first-order valence-corrected chi connectivity index (χ1v) is 8.68. The molecule has 0 saturated carbocycles. The summed E-state index contributed by atoms with van der Waals surface area (Å²) >= 11 is 0. The van der Waals surface area contributed by atoms with Gasteiger partial charge in [0.05, 0.1) is 0 Å². The van der Waals surface area contributed by atoms with Crippen LogP contribution in [0.1, 0.15) is 37.2 Å². The Morgan fingerprint density at radius 2 is 1.88 bits per heavy atom. The zero-order valence-corrected chi connectivity index (χ0v) is 14.8. The van der Waals surface area contributed by atoms with Gasteiger partial charge in [-0.1, -0.05) is 36.4 Å². The van der Waals surface area contributed by atoms with E-state index in [0.717, 1.165) is 24.0 Å². The van der Waals surface area contributed by atoms with Gasteiger partial charge in [0.25, 0.3) is 0 Å². The maximum Gasteiger partial charge on any atom is 0.197 e. The monoisotopic (exact) mass is 348 g/mol. The summed E-state index contributed by atoms with van der Waals surface area (Å²) < 4.78 is 12.0. The van der Waals surface area contributed by atoms with Gasteiger partial charge in [0.15, 0.2) is 5.43 Å². The molecule has 1 aliphatic rings. The quantitative estimate of drug-likeness (QED) is 0.724. The second kappa shape index (κ2) is 6.06. The Kier molecular flexibility index (Phi) is 3.83. The molecule has 1 aliphatic heterocycles. The van der Waals surface area contributed by atoms with Crippen molar-refractivity contribution < 1.29 is 14.3 Å². The molecule has 2 aromatic carbocycles. The van der Waals surface area contributed by atoms with Gasteiger partial charge in [0.1, 0.15) is 33.8 Å². The van der Waals surface area contributed by atoms with Crippen molar-refractivity contribution in [3.63, 3.8) is 0 Å². The fourth-order valence-electron chi connectivity index (χ4n) is 3.29. The van der Waals surface area contributed by atoms with Crippen LogP contribution in [0.4, 0.5) is 0 Å². The molecule has 4 nitrogen and oxygen atoms in total. The topological polar surface area (TPSA) is 59.7 Å². The van der Waals surface area contributed by atoms with E-state index in [0.29, 0.717) is 17.1 Å². The average molecular weight is 348 g/mol. The highest BCUT2D eigenvalue weighted by Gasteiger charge is 2.30. The third kappa shape index (κ3) is 2.99. The summed E-state index contributed by atoms with van der Waals surface area (Å²) in [6.45, 7) is 4.01. The van der Waals surface area contributed by atoms with E-state index in [1.807, 2.05) is 50.3 Å². The summed E-state index contributed by atoms with van der Waals surface area (Å²) in [5.74, 6) is 0.923. The zero-order chi connectivity index (χ0) is 18.3. The zero-order valence-electron chi connectivity index (χ0n) is 14.8. The molecule has 0 aliphatic carbocycles. The van der Waals surface area contributed by atoms with E-state index < -0.39 is 0 Å². The van der Waals surface area contributed by atoms with E-state index in [1.165, 1.54) is 12.1 Å². The standard InChI is InChI=1S/C22H20O4/c1-22(2)11-10-16-19(26-22)13-18(24)20-17(23)12-15(25-21(16)20)9-8-14-6-4-3-5-7-14/h3-9,12-13,24H,10-11H2,1-2H3/b9-8+. The Morgan fingerprint density at radius 1 is 1.12 bits per heavy atom. The third-order valence-electron chi connectivity index (χ3n) is 4.67. The predicted molar refractivity (Wildman–Crippen MR) is 103 cm³/mol. The average Bonchev–Trinajstić information content (AvgIpc) is 2.59. The molecule has 1 N–H and O–H groups in total. The summed E-state index contributed by atoms with van der Waals surface area (Å²) in [7, 11) is 0. The molecule has 26 heavy (non-hydrogen) atoms. The Labute approximate surface area is 151 Å². The molecule has 0 saturated heterocycles. The van der Waals surface area contributed by atoms with E-state index in [4.69, 9.17) is 9.15 Å². The highest BCUT2D eigenvalue weighted by atomic mass is 16.5. The summed E-state index contributed by atoms with van der Waals surface area (Å²) in [5, 5.41) is 10.5. The van der Waals surface area contributed by atoms with Gasteiger partial charge in [-0.25, -0.2) is 0 Å². The Hall–Kier alpha value is -3.01. The minimum atomic E-state index is -0.307. The van der Waals surface area contributed by atoms with E-state index in [-0.39, 0.29) is 22.2 Å². The Bertz CT molecular complexity index is 1060. The lowest BCUT2D eigenvalue weighted by Gasteiger charge is -2.32. The first-order chi connectivity index (χ1) is 12.4. The fraction of sp³-hybridized carbons (Fsp3) is 0.227. The summed E-state index contributed by atoms with van der Waals surface area (Å²) in [5.41, 5.74) is 1.69. The number of rotatable bonds is 2. The smallest absolute Gasteiger partial charge is 0.197 e. The van der Waals surface area contributed by atoms with Gasteiger partial charge in [0, 0.05) is 17.7 Å². The maximum atomic E-state index is 12.6. The second-order valence-electron chi connectivity index (χ2n) is 7.20. The Morgan fingerprint density at radius 3 is 2.65 bits per heavy atom. The van der Waals surface area contributed by atoms with Crippen LogP contribution in [-0.4, -0.2) is 10.7 Å². The van der Waals surface area contributed by atoms with Crippen molar-refractivity contribution in [3.05, 3.63) is 69.6 Å². The van der Waals surface area contributed by atoms with E-state index in [1.54, 1.807) is 6.08 Å². The summed E-state index contributed by atoms with van der Waals surface area (Å²) in [6, 6.07) is 12.7. The predicted octanol–water partition coefficient (Wildman–Crippen LogP) is 4.77. The minimum Gasteiger partial charge on any atom is -0.507 e. The van der Waals surface area contributed by atoms with Gasteiger partial charge < -0.3 is 14.3 Å². The highest BCUT2D eigenvalue weighted by Crippen LogP contribution is 2.40. The summed E-state index contributed by atoms with van der Waals surface area (Å²) in [4.78, 5) is 12.6. The molecular weight excluding hydrogens is 328 g/mol.